The number of sulfonamides is 1. The molecule has 118 valence electrons. The smallest absolute Gasteiger partial charge is 0.305 e. The summed E-state index contributed by atoms with van der Waals surface area (Å²) in [6.07, 6.45) is 2.21. The second-order valence-electron chi connectivity index (χ2n) is 5.18. The summed E-state index contributed by atoms with van der Waals surface area (Å²) in [5, 5.41) is 0. The minimum absolute atomic E-state index is 0.00654. The van der Waals surface area contributed by atoms with Crippen molar-refractivity contribution in [3.8, 4) is 0 Å². The standard InChI is InChI=1S/C13H26N2O4S/c1-4-15-9-7-12(8-10-15)14(2)20(17,18)11-5-6-13(16)19-3/h12H,4-11H2,1-3H3. The van der Waals surface area contributed by atoms with Crippen molar-refractivity contribution in [3.63, 3.8) is 0 Å². The Morgan fingerprint density at radius 3 is 2.45 bits per heavy atom. The van der Waals surface area contributed by atoms with Crippen molar-refractivity contribution >= 4 is 16.0 Å². The molecule has 1 aliphatic heterocycles. The van der Waals surface area contributed by atoms with E-state index in [1.54, 1.807) is 7.05 Å². The van der Waals surface area contributed by atoms with Crippen LogP contribution >= 0.6 is 0 Å². The number of likely N-dealkylation sites (tertiary alicyclic amines) is 1. The van der Waals surface area contributed by atoms with Crippen molar-refractivity contribution < 1.29 is 17.9 Å². The Bertz CT molecular complexity index is 403. The van der Waals surface area contributed by atoms with E-state index >= 15 is 0 Å². The van der Waals surface area contributed by atoms with Gasteiger partial charge < -0.3 is 9.64 Å². The van der Waals surface area contributed by atoms with Gasteiger partial charge in [-0.1, -0.05) is 6.92 Å². The molecule has 0 bridgehead atoms. The maximum Gasteiger partial charge on any atom is 0.305 e. The van der Waals surface area contributed by atoms with E-state index in [1.807, 2.05) is 0 Å². The minimum Gasteiger partial charge on any atom is -0.469 e. The molecule has 0 N–H and O–H groups in total. The van der Waals surface area contributed by atoms with Gasteiger partial charge in [0.25, 0.3) is 0 Å². The molecule has 7 heteroatoms. The normalized spacial score (nSPS) is 18.4. The zero-order valence-electron chi connectivity index (χ0n) is 12.7. The lowest BCUT2D eigenvalue weighted by Crippen LogP contribution is -2.46. The molecule has 1 fully saturated rings. The molecule has 0 spiro atoms. The van der Waals surface area contributed by atoms with Crippen LogP contribution in [0.15, 0.2) is 0 Å². The fraction of sp³-hybridized carbons (Fsp3) is 0.923. The predicted octanol–water partition coefficient (Wildman–Crippen LogP) is 0.686. The molecular weight excluding hydrogens is 280 g/mol. The molecule has 6 nitrogen and oxygen atoms in total. The van der Waals surface area contributed by atoms with Gasteiger partial charge in [-0.3, -0.25) is 4.79 Å². The van der Waals surface area contributed by atoms with Crippen LogP contribution in [-0.2, 0) is 19.6 Å². The maximum absolute atomic E-state index is 12.2. The van der Waals surface area contributed by atoms with E-state index in [0.29, 0.717) is 6.42 Å². The topological polar surface area (TPSA) is 66.9 Å². The van der Waals surface area contributed by atoms with Crippen LogP contribution in [0.3, 0.4) is 0 Å². The van der Waals surface area contributed by atoms with Gasteiger partial charge >= 0.3 is 5.97 Å². The van der Waals surface area contributed by atoms with Crippen molar-refractivity contribution in [1.82, 2.24) is 9.21 Å². The number of rotatable bonds is 7. The highest BCUT2D eigenvalue weighted by Gasteiger charge is 2.29. The quantitative estimate of drug-likeness (QED) is 0.647. The molecule has 1 heterocycles. The van der Waals surface area contributed by atoms with Crippen molar-refractivity contribution in [2.24, 2.45) is 0 Å². The number of hydrogen-bond acceptors (Lipinski definition) is 5. The number of piperidine rings is 1. The third-order valence-electron chi connectivity index (χ3n) is 3.97. The number of hydrogen-bond donors (Lipinski definition) is 0. The van der Waals surface area contributed by atoms with E-state index in [0.717, 1.165) is 32.5 Å². The molecule has 0 aromatic carbocycles. The number of ether oxygens (including phenoxy) is 1. The molecule has 1 rings (SSSR count). The SMILES string of the molecule is CCN1CCC(N(C)S(=O)(=O)CCCC(=O)OC)CC1. The van der Waals surface area contributed by atoms with Crippen LogP contribution < -0.4 is 0 Å². The molecule has 20 heavy (non-hydrogen) atoms. The summed E-state index contributed by atoms with van der Waals surface area (Å²) in [5.74, 6) is -0.355. The van der Waals surface area contributed by atoms with E-state index in [4.69, 9.17) is 0 Å². The molecular formula is C13H26N2O4S. The Kier molecular flexibility index (Phi) is 6.91. The Morgan fingerprint density at radius 2 is 1.95 bits per heavy atom. The van der Waals surface area contributed by atoms with Gasteiger partial charge in [-0.25, -0.2) is 12.7 Å². The first-order valence-electron chi connectivity index (χ1n) is 7.15. The molecule has 0 atom stereocenters. The summed E-state index contributed by atoms with van der Waals surface area (Å²) in [6.45, 7) is 5.03. The second-order valence-corrected chi connectivity index (χ2v) is 7.33. The van der Waals surface area contributed by atoms with Gasteiger partial charge in [0.2, 0.25) is 10.0 Å². The molecule has 1 saturated heterocycles. The number of esters is 1. The van der Waals surface area contributed by atoms with Gasteiger partial charge in [-0.15, -0.1) is 0 Å². The van der Waals surface area contributed by atoms with Gasteiger partial charge in [-0.05, 0) is 38.9 Å². The Hall–Kier alpha value is -0.660. The minimum atomic E-state index is -3.28. The van der Waals surface area contributed by atoms with Crippen LogP contribution in [-0.4, -0.2) is 69.2 Å². The number of carbonyl (C=O) groups is 1. The summed E-state index contributed by atoms with van der Waals surface area (Å²) in [7, 11) is -0.318. The lowest BCUT2D eigenvalue weighted by Gasteiger charge is -2.35. The lowest BCUT2D eigenvalue weighted by atomic mass is 10.1. The highest BCUT2D eigenvalue weighted by atomic mass is 32.2. The molecule has 0 aromatic rings. The fourth-order valence-corrected chi connectivity index (χ4v) is 3.93. The molecule has 0 saturated carbocycles. The molecule has 0 aromatic heterocycles. The summed E-state index contributed by atoms with van der Waals surface area (Å²) in [6, 6.07) is 0.0842. The number of nitrogens with zero attached hydrogens (tertiary/aromatic N) is 2. The van der Waals surface area contributed by atoms with Gasteiger partial charge in [0.05, 0.1) is 12.9 Å². The van der Waals surface area contributed by atoms with Crippen LogP contribution in [0.1, 0.15) is 32.6 Å². The Labute approximate surface area is 122 Å². The third-order valence-corrected chi connectivity index (χ3v) is 5.95. The summed E-state index contributed by atoms with van der Waals surface area (Å²) < 4.78 is 30.4. The van der Waals surface area contributed by atoms with Gasteiger partial charge in [-0.2, -0.15) is 0 Å². The average Bonchev–Trinajstić information content (AvgIpc) is 2.46. The first kappa shape index (κ1) is 17.4. The molecule has 0 aliphatic carbocycles. The summed E-state index contributed by atoms with van der Waals surface area (Å²) in [5.41, 5.74) is 0. The highest BCUT2D eigenvalue weighted by molar-refractivity contribution is 7.89. The van der Waals surface area contributed by atoms with Gasteiger partial charge in [0.15, 0.2) is 0 Å². The lowest BCUT2D eigenvalue weighted by molar-refractivity contribution is -0.140. The highest BCUT2D eigenvalue weighted by Crippen LogP contribution is 2.18. The van der Waals surface area contributed by atoms with Crippen LogP contribution in [0, 0.1) is 0 Å². The van der Waals surface area contributed by atoms with Gasteiger partial charge in [0, 0.05) is 19.5 Å². The van der Waals surface area contributed by atoms with E-state index in [2.05, 4.69) is 16.6 Å². The zero-order chi connectivity index (χ0) is 15.2. The van der Waals surface area contributed by atoms with E-state index in [1.165, 1.54) is 11.4 Å². The Morgan fingerprint density at radius 1 is 1.35 bits per heavy atom. The summed E-state index contributed by atoms with van der Waals surface area (Å²) in [4.78, 5) is 13.3. The van der Waals surface area contributed by atoms with Crippen LogP contribution in [0.4, 0.5) is 0 Å². The third kappa shape index (κ3) is 5.03. The molecule has 0 amide bonds. The predicted molar refractivity (Wildman–Crippen MR) is 77.9 cm³/mol. The van der Waals surface area contributed by atoms with Crippen molar-refractivity contribution in [2.75, 3.05) is 39.5 Å². The number of methoxy groups -OCH3 is 1. The van der Waals surface area contributed by atoms with Crippen molar-refractivity contribution in [3.05, 3.63) is 0 Å². The molecule has 0 radical (unpaired) electrons. The number of carbonyl (C=O) groups excluding carboxylic acids is 1. The van der Waals surface area contributed by atoms with E-state index in [9.17, 15) is 13.2 Å². The maximum atomic E-state index is 12.2. The zero-order valence-corrected chi connectivity index (χ0v) is 13.5. The van der Waals surface area contributed by atoms with Gasteiger partial charge in [0.1, 0.15) is 0 Å². The largest absolute Gasteiger partial charge is 0.469 e. The van der Waals surface area contributed by atoms with E-state index in [-0.39, 0.29) is 24.2 Å². The molecule has 0 unspecified atom stereocenters. The molecule has 1 aliphatic rings. The monoisotopic (exact) mass is 306 g/mol. The first-order chi connectivity index (χ1) is 9.40. The van der Waals surface area contributed by atoms with Crippen molar-refractivity contribution in [1.29, 1.82) is 0 Å². The Balaban J connectivity index is 2.44. The summed E-state index contributed by atoms with van der Waals surface area (Å²) >= 11 is 0. The second kappa shape index (κ2) is 7.95. The van der Waals surface area contributed by atoms with Crippen LogP contribution in [0.2, 0.25) is 0 Å². The first-order valence-corrected chi connectivity index (χ1v) is 8.76. The van der Waals surface area contributed by atoms with Crippen LogP contribution in [0.5, 0.6) is 0 Å². The fourth-order valence-electron chi connectivity index (χ4n) is 2.47. The average molecular weight is 306 g/mol. The van der Waals surface area contributed by atoms with E-state index < -0.39 is 10.0 Å². The van der Waals surface area contributed by atoms with Crippen molar-refractivity contribution in [2.45, 2.75) is 38.6 Å². The van der Waals surface area contributed by atoms with Crippen LogP contribution in [0.25, 0.3) is 0 Å².